The molecule has 0 bridgehead atoms. The number of carbonyl (C=O) groups is 1. The lowest BCUT2D eigenvalue weighted by molar-refractivity contribution is -0.120. The second-order valence-electron chi connectivity index (χ2n) is 4.57. The second kappa shape index (κ2) is 4.88. The molecule has 1 fully saturated rings. The lowest BCUT2D eigenvalue weighted by atomic mass is 10.1. The van der Waals surface area contributed by atoms with E-state index in [4.69, 9.17) is 11.6 Å². The van der Waals surface area contributed by atoms with Crippen LogP contribution in [0.3, 0.4) is 0 Å². The molecular weight excluding hydrogens is 222 g/mol. The average Bonchev–Trinajstić information content (AvgIpc) is 3.09. The molecule has 0 heterocycles. The number of hydrogen-bond donors (Lipinski definition) is 1. The van der Waals surface area contributed by atoms with Crippen LogP contribution in [0.25, 0.3) is 0 Å². The van der Waals surface area contributed by atoms with E-state index < -0.39 is 0 Å². The van der Waals surface area contributed by atoms with Crippen LogP contribution in [0.5, 0.6) is 0 Å². The van der Waals surface area contributed by atoms with Crippen molar-refractivity contribution in [2.75, 3.05) is 12.4 Å². The third kappa shape index (κ3) is 2.99. The number of alkyl halides is 1. The number of carbonyl (C=O) groups excluding carboxylic acids is 1. The predicted octanol–water partition coefficient (Wildman–Crippen LogP) is 2.36. The van der Waals surface area contributed by atoms with Gasteiger partial charge in [0, 0.05) is 17.8 Å². The van der Waals surface area contributed by atoms with Crippen LogP contribution in [0.4, 0.5) is 0 Å². The molecule has 1 saturated carbocycles. The van der Waals surface area contributed by atoms with Crippen LogP contribution >= 0.6 is 11.6 Å². The molecule has 2 nitrogen and oxygen atoms in total. The molecule has 0 aromatic heterocycles. The number of nitrogens with one attached hydrogen (secondary N) is 1. The Hall–Kier alpha value is -1.02. The van der Waals surface area contributed by atoms with Crippen molar-refractivity contribution in [3.8, 4) is 0 Å². The SMILES string of the molecule is O=C(Cc1ccccc1)NCC1(CCl)CC1. The van der Waals surface area contributed by atoms with E-state index in [2.05, 4.69) is 5.32 Å². The third-order valence-corrected chi connectivity index (χ3v) is 3.68. The van der Waals surface area contributed by atoms with Crippen molar-refractivity contribution in [2.24, 2.45) is 5.41 Å². The molecule has 1 amide bonds. The first-order chi connectivity index (χ1) is 7.74. The number of amides is 1. The Bertz CT molecular complexity index is 359. The molecule has 0 radical (unpaired) electrons. The number of rotatable bonds is 5. The van der Waals surface area contributed by atoms with Crippen molar-refractivity contribution in [3.63, 3.8) is 0 Å². The van der Waals surface area contributed by atoms with Crippen LogP contribution in [0.15, 0.2) is 30.3 Å². The summed E-state index contributed by atoms with van der Waals surface area (Å²) in [5, 5.41) is 2.96. The molecule has 0 saturated heterocycles. The normalized spacial score (nSPS) is 16.8. The largest absolute Gasteiger partial charge is 0.355 e. The van der Waals surface area contributed by atoms with Crippen molar-refractivity contribution < 1.29 is 4.79 Å². The zero-order chi connectivity index (χ0) is 11.4. The van der Waals surface area contributed by atoms with Crippen LogP contribution < -0.4 is 5.32 Å². The van der Waals surface area contributed by atoms with Gasteiger partial charge in [-0.15, -0.1) is 11.6 Å². The molecule has 3 heteroatoms. The van der Waals surface area contributed by atoms with Crippen molar-refractivity contribution in [1.82, 2.24) is 5.32 Å². The van der Waals surface area contributed by atoms with E-state index in [0.717, 1.165) is 24.9 Å². The van der Waals surface area contributed by atoms with E-state index in [0.29, 0.717) is 12.3 Å². The minimum absolute atomic E-state index is 0.0857. The molecular formula is C13H16ClNO. The first-order valence-electron chi connectivity index (χ1n) is 5.61. The minimum Gasteiger partial charge on any atom is -0.355 e. The molecule has 16 heavy (non-hydrogen) atoms. The zero-order valence-corrected chi connectivity index (χ0v) is 9.96. The van der Waals surface area contributed by atoms with Crippen LogP contribution in [0.1, 0.15) is 18.4 Å². The van der Waals surface area contributed by atoms with Gasteiger partial charge in [0.15, 0.2) is 0 Å². The van der Waals surface area contributed by atoms with Crippen LogP contribution in [0, 0.1) is 5.41 Å². The summed E-state index contributed by atoms with van der Waals surface area (Å²) in [6, 6.07) is 9.78. The van der Waals surface area contributed by atoms with E-state index in [9.17, 15) is 4.79 Å². The summed E-state index contributed by atoms with van der Waals surface area (Å²) in [7, 11) is 0. The molecule has 86 valence electrons. The standard InChI is InChI=1S/C13H16ClNO/c14-9-13(6-7-13)10-15-12(16)8-11-4-2-1-3-5-11/h1-5H,6-10H2,(H,15,16). The van der Waals surface area contributed by atoms with Crippen LogP contribution in [-0.2, 0) is 11.2 Å². The molecule has 2 rings (SSSR count). The van der Waals surface area contributed by atoms with Crippen molar-refractivity contribution in [2.45, 2.75) is 19.3 Å². The Balaban J connectivity index is 1.77. The molecule has 1 N–H and O–H groups in total. The molecule has 1 aliphatic rings. The Morgan fingerprint density at radius 3 is 2.56 bits per heavy atom. The molecule has 0 atom stereocenters. The number of hydrogen-bond acceptors (Lipinski definition) is 1. The van der Waals surface area contributed by atoms with Crippen molar-refractivity contribution in [1.29, 1.82) is 0 Å². The third-order valence-electron chi connectivity index (χ3n) is 3.11. The van der Waals surface area contributed by atoms with E-state index in [1.165, 1.54) is 0 Å². The van der Waals surface area contributed by atoms with Crippen molar-refractivity contribution >= 4 is 17.5 Å². The number of halogens is 1. The fourth-order valence-electron chi connectivity index (χ4n) is 1.66. The summed E-state index contributed by atoms with van der Waals surface area (Å²) in [5.41, 5.74) is 1.25. The van der Waals surface area contributed by atoms with Gasteiger partial charge < -0.3 is 5.32 Å². The summed E-state index contributed by atoms with van der Waals surface area (Å²) in [6.45, 7) is 0.724. The van der Waals surface area contributed by atoms with Crippen molar-refractivity contribution in [3.05, 3.63) is 35.9 Å². The summed E-state index contributed by atoms with van der Waals surface area (Å²) in [4.78, 5) is 11.6. The fourth-order valence-corrected chi connectivity index (χ4v) is 2.03. The lowest BCUT2D eigenvalue weighted by Crippen LogP contribution is -2.32. The summed E-state index contributed by atoms with van der Waals surface area (Å²) < 4.78 is 0. The van der Waals surface area contributed by atoms with Gasteiger partial charge in [0.05, 0.1) is 6.42 Å². The van der Waals surface area contributed by atoms with Gasteiger partial charge in [0.1, 0.15) is 0 Å². The molecule has 0 spiro atoms. The van der Waals surface area contributed by atoms with Gasteiger partial charge in [-0.2, -0.15) is 0 Å². The maximum absolute atomic E-state index is 11.6. The minimum atomic E-state index is 0.0857. The summed E-state index contributed by atoms with van der Waals surface area (Å²) in [6.07, 6.45) is 2.74. The Morgan fingerprint density at radius 2 is 2.00 bits per heavy atom. The quantitative estimate of drug-likeness (QED) is 0.783. The van der Waals surface area contributed by atoms with Gasteiger partial charge >= 0.3 is 0 Å². The summed E-state index contributed by atoms with van der Waals surface area (Å²) in [5.74, 6) is 0.737. The molecule has 0 unspecified atom stereocenters. The second-order valence-corrected chi connectivity index (χ2v) is 4.84. The maximum atomic E-state index is 11.6. The Kier molecular flexibility index (Phi) is 3.49. The highest BCUT2D eigenvalue weighted by atomic mass is 35.5. The van der Waals surface area contributed by atoms with Gasteiger partial charge in [0.2, 0.25) is 5.91 Å². The highest BCUT2D eigenvalue weighted by Gasteiger charge is 2.41. The van der Waals surface area contributed by atoms with Gasteiger partial charge in [-0.25, -0.2) is 0 Å². The van der Waals surface area contributed by atoms with Crippen LogP contribution in [0.2, 0.25) is 0 Å². The Labute approximate surface area is 101 Å². The summed E-state index contributed by atoms with van der Waals surface area (Å²) >= 11 is 5.85. The van der Waals surface area contributed by atoms with E-state index >= 15 is 0 Å². The molecule has 1 aromatic rings. The van der Waals surface area contributed by atoms with E-state index in [-0.39, 0.29) is 11.3 Å². The molecule has 1 aromatic carbocycles. The first-order valence-corrected chi connectivity index (χ1v) is 6.14. The highest BCUT2D eigenvalue weighted by Crippen LogP contribution is 2.45. The maximum Gasteiger partial charge on any atom is 0.224 e. The topological polar surface area (TPSA) is 29.1 Å². The first kappa shape index (κ1) is 11.5. The molecule has 1 aliphatic carbocycles. The predicted molar refractivity (Wildman–Crippen MR) is 65.5 cm³/mol. The Morgan fingerprint density at radius 1 is 1.31 bits per heavy atom. The van der Waals surface area contributed by atoms with Gasteiger partial charge in [-0.3, -0.25) is 4.79 Å². The fraction of sp³-hybridized carbons (Fsp3) is 0.462. The van der Waals surface area contributed by atoms with Gasteiger partial charge in [-0.1, -0.05) is 30.3 Å². The van der Waals surface area contributed by atoms with Gasteiger partial charge in [-0.05, 0) is 18.4 Å². The van der Waals surface area contributed by atoms with Gasteiger partial charge in [0.25, 0.3) is 0 Å². The van der Waals surface area contributed by atoms with E-state index in [1.54, 1.807) is 0 Å². The van der Waals surface area contributed by atoms with E-state index in [1.807, 2.05) is 30.3 Å². The average molecular weight is 238 g/mol. The molecule has 0 aliphatic heterocycles. The smallest absolute Gasteiger partial charge is 0.224 e. The highest BCUT2D eigenvalue weighted by molar-refractivity contribution is 6.18. The number of benzene rings is 1. The monoisotopic (exact) mass is 237 g/mol. The zero-order valence-electron chi connectivity index (χ0n) is 9.21. The van der Waals surface area contributed by atoms with Crippen LogP contribution in [-0.4, -0.2) is 18.3 Å². The lowest BCUT2D eigenvalue weighted by Gasteiger charge is -2.12.